The number of carbonyl (C=O) groups is 3. The van der Waals surface area contributed by atoms with E-state index >= 15 is 0 Å². The van der Waals surface area contributed by atoms with Crippen molar-refractivity contribution in [3.63, 3.8) is 0 Å². The van der Waals surface area contributed by atoms with Gasteiger partial charge in [0.15, 0.2) is 0 Å². The van der Waals surface area contributed by atoms with Crippen LogP contribution in [-0.4, -0.2) is 74.4 Å². The van der Waals surface area contributed by atoms with Crippen molar-refractivity contribution >= 4 is 35.2 Å². The number of aliphatic hydroxyl groups is 1. The molecule has 0 radical (unpaired) electrons. The number of nitrogens with zero attached hydrogens (tertiary/aromatic N) is 3. The van der Waals surface area contributed by atoms with Gasteiger partial charge in [0.2, 0.25) is 11.8 Å². The third-order valence-corrected chi connectivity index (χ3v) is 12.0. The number of benzene rings is 2. The van der Waals surface area contributed by atoms with Gasteiger partial charge in [0.1, 0.15) is 6.04 Å². The highest BCUT2D eigenvalue weighted by Gasteiger charge is 2.77. The molecule has 0 aliphatic carbocycles. The van der Waals surface area contributed by atoms with E-state index in [0.717, 1.165) is 28.8 Å². The number of hydrogen-bond donors (Lipinski definition) is 1. The Morgan fingerprint density at radius 1 is 1.11 bits per heavy atom. The lowest BCUT2D eigenvalue weighted by Gasteiger charge is -2.42. The standard InChI is InChI=1S/C36H45N3O4S/c1-7-17-37(21-26-13-11-10-12-14-26)33(41)30-29-20-25(6)36(44-29)31(30)34(42)39(27(9-3)22-40)32(36)35(43)38(18-8-2)28-19-23(4)15-16-24(28)5/h7-8,10-16,19,25,27,29-32,40H,1-2,9,17-18,20-22H2,3-6H3/t25?,27-,29+,30-,31-,32?,36?/m0/s1. The minimum atomic E-state index is -0.818. The van der Waals surface area contributed by atoms with E-state index in [1.54, 1.807) is 38.6 Å². The molecule has 7 nitrogen and oxygen atoms in total. The van der Waals surface area contributed by atoms with Gasteiger partial charge < -0.3 is 19.8 Å². The summed E-state index contributed by atoms with van der Waals surface area (Å²) in [6, 6.07) is 14.5. The summed E-state index contributed by atoms with van der Waals surface area (Å²) in [4.78, 5) is 49.4. The summed E-state index contributed by atoms with van der Waals surface area (Å²) in [5.74, 6) is -1.63. The average molecular weight is 616 g/mol. The Bertz CT molecular complexity index is 1430. The maximum atomic E-state index is 15.0. The van der Waals surface area contributed by atoms with Crippen LogP contribution in [0.1, 0.15) is 43.4 Å². The van der Waals surface area contributed by atoms with Gasteiger partial charge >= 0.3 is 0 Å². The number of aryl methyl sites for hydroxylation is 2. The predicted octanol–water partition coefficient (Wildman–Crippen LogP) is 5.15. The molecule has 5 rings (SSSR count). The molecule has 3 amide bonds. The van der Waals surface area contributed by atoms with E-state index in [0.29, 0.717) is 19.5 Å². The first-order valence-electron chi connectivity index (χ1n) is 15.7. The Morgan fingerprint density at radius 2 is 1.82 bits per heavy atom. The Balaban J connectivity index is 1.60. The molecule has 3 fully saturated rings. The van der Waals surface area contributed by atoms with Crippen LogP contribution in [0.2, 0.25) is 0 Å². The lowest BCUT2D eigenvalue weighted by Crippen LogP contribution is -2.59. The third-order valence-electron chi connectivity index (χ3n) is 9.89. The van der Waals surface area contributed by atoms with Gasteiger partial charge in [-0.3, -0.25) is 14.4 Å². The fourth-order valence-electron chi connectivity index (χ4n) is 7.82. The minimum Gasteiger partial charge on any atom is -0.394 e. The molecule has 0 aromatic heterocycles. The van der Waals surface area contributed by atoms with Crippen molar-refractivity contribution in [2.75, 3.05) is 24.6 Å². The number of anilines is 1. The van der Waals surface area contributed by atoms with Crippen molar-refractivity contribution in [1.29, 1.82) is 0 Å². The predicted molar refractivity (Wildman–Crippen MR) is 177 cm³/mol. The van der Waals surface area contributed by atoms with Gasteiger partial charge in [-0.05, 0) is 55.4 Å². The summed E-state index contributed by atoms with van der Waals surface area (Å²) in [5, 5.41) is 10.4. The van der Waals surface area contributed by atoms with Crippen LogP contribution in [-0.2, 0) is 20.9 Å². The minimum absolute atomic E-state index is 0.0248. The lowest BCUT2D eigenvalue weighted by molar-refractivity contribution is -0.146. The maximum absolute atomic E-state index is 15.0. The molecule has 7 atom stereocenters. The van der Waals surface area contributed by atoms with Gasteiger partial charge in [-0.15, -0.1) is 24.9 Å². The van der Waals surface area contributed by atoms with Crippen molar-refractivity contribution in [3.05, 3.63) is 90.5 Å². The van der Waals surface area contributed by atoms with Gasteiger partial charge in [-0.2, -0.15) is 0 Å². The van der Waals surface area contributed by atoms with Crippen LogP contribution in [0, 0.1) is 31.6 Å². The van der Waals surface area contributed by atoms with Crippen molar-refractivity contribution < 1.29 is 19.5 Å². The molecule has 234 valence electrons. The molecule has 2 bridgehead atoms. The molecular weight excluding hydrogens is 570 g/mol. The normalized spacial score (nSPS) is 27.6. The molecule has 2 aromatic rings. The first-order chi connectivity index (χ1) is 21.1. The molecule has 3 aliphatic heterocycles. The van der Waals surface area contributed by atoms with Crippen LogP contribution in [0.3, 0.4) is 0 Å². The van der Waals surface area contributed by atoms with Crippen molar-refractivity contribution in [1.82, 2.24) is 9.80 Å². The molecule has 3 unspecified atom stereocenters. The Morgan fingerprint density at radius 3 is 2.45 bits per heavy atom. The molecule has 44 heavy (non-hydrogen) atoms. The number of rotatable bonds is 12. The van der Waals surface area contributed by atoms with Gasteiger partial charge in [0.05, 0.1) is 29.2 Å². The summed E-state index contributed by atoms with van der Waals surface area (Å²) in [5.41, 5.74) is 3.78. The zero-order valence-corrected chi connectivity index (χ0v) is 27.1. The summed E-state index contributed by atoms with van der Waals surface area (Å²) >= 11 is 1.67. The second-order valence-electron chi connectivity index (χ2n) is 12.6. The smallest absolute Gasteiger partial charge is 0.251 e. The maximum Gasteiger partial charge on any atom is 0.251 e. The second-order valence-corrected chi connectivity index (χ2v) is 14.1. The number of aliphatic hydroxyl groups excluding tert-OH is 1. The van der Waals surface area contributed by atoms with Gasteiger partial charge in [-0.25, -0.2) is 0 Å². The SMILES string of the molecule is C=CCN(Cc1ccccc1)C(=O)[C@@H]1[C@H]2C(=O)N([C@@H](CC)CO)C(C(=O)N(CC=C)c3cc(C)ccc3C)C23S[C@@H]1CC3C. The monoisotopic (exact) mass is 615 g/mol. The average Bonchev–Trinajstić information content (AvgIpc) is 3.61. The second kappa shape index (κ2) is 12.9. The fraction of sp³-hybridized carbons (Fsp3) is 0.472. The summed E-state index contributed by atoms with van der Waals surface area (Å²) in [7, 11) is 0. The molecule has 2 aromatic carbocycles. The Labute approximate surface area is 266 Å². The zero-order valence-electron chi connectivity index (χ0n) is 26.3. The summed E-state index contributed by atoms with van der Waals surface area (Å²) in [6.45, 7) is 16.7. The highest BCUT2D eigenvalue weighted by molar-refractivity contribution is 8.02. The van der Waals surface area contributed by atoms with E-state index in [-0.39, 0.29) is 42.0 Å². The topological polar surface area (TPSA) is 81.2 Å². The molecular formula is C36H45N3O4S. The van der Waals surface area contributed by atoms with Gasteiger partial charge in [0.25, 0.3) is 5.91 Å². The fourth-order valence-corrected chi connectivity index (χ4v) is 10.2. The number of fused-ring (bicyclic) bond motifs is 1. The quantitative estimate of drug-likeness (QED) is 0.335. The molecule has 8 heteroatoms. The van der Waals surface area contributed by atoms with Crippen LogP contribution in [0.25, 0.3) is 0 Å². The van der Waals surface area contributed by atoms with E-state index in [1.165, 1.54) is 0 Å². The summed E-state index contributed by atoms with van der Waals surface area (Å²) < 4.78 is -0.786. The van der Waals surface area contributed by atoms with Crippen molar-refractivity contribution in [2.45, 2.75) is 69.2 Å². The number of hydrogen-bond acceptors (Lipinski definition) is 5. The molecule has 1 spiro atoms. The van der Waals surface area contributed by atoms with Crippen molar-refractivity contribution in [3.8, 4) is 0 Å². The first kappa shape index (κ1) is 32.0. The number of amides is 3. The van der Waals surface area contributed by atoms with Crippen LogP contribution < -0.4 is 4.90 Å². The van der Waals surface area contributed by atoms with Crippen LogP contribution in [0.4, 0.5) is 5.69 Å². The lowest BCUT2D eigenvalue weighted by atomic mass is 9.65. The molecule has 3 heterocycles. The Kier molecular flexibility index (Phi) is 9.42. The number of thioether (sulfide) groups is 1. The van der Waals surface area contributed by atoms with E-state index in [2.05, 4.69) is 20.1 Å². The highest BCUT2D eigenvalue weighted by Crippen LogP contribution is 2.69. The number of likely N-dealkylation sites (tertiary alicyclic amines) is 1. The van der Waals surface area contributed by atoms with E-state index in [1.807, 2.05) is 69.3 Å². The van der Waals surface area contributed by atoms with Crippen molar-refractivity contribution in [2.24, 2.45) is 17.8 Å². The zero-order chi connectivity index (χ0) is 31.8. The summed E-state index contributed by atoms with van der Waals surface area (Å²) in [6.07, 6.45) is 4.68. The van der Waals surface area contributed by atoms with Gasteiger partial charge in [-0.1, -0.05) is 68.5 Å². The van der Waals surface area contributed by atoms with E-state index in [4.69, 9.17) is 0 Å². The first-order valence-corrected chi connectivity index (χ1v) is 16.6. The van der Waals surface area contributed by atoms with Crippen LogP contribution >= 0.6 is 11.8 Å². The van der Waals surface area contributed by atoms with Gasteiger partial charge in [0, 0.05) is 30.6 Å². The number of carbonyl (C=O) groups excluding carboxylic acids is 3. The largest absolute Gasteiger partial charge is 0.394 e. The molecule has 1 N–H and O–H groups in total. The molecule has 3 aliphatic rings. The molecule has 0 saturated carbocycles. The van der Waals surface area contributed by atoms with Crippen LogP contribution in [0.15, 0.2) is 73.8 Å². The van der Waals surface area contributed by atoms with E-state index in [9.17, 15) is 19.5 Å². The van der Waals surface area contributed by atoms with Crippen LogP contribution in [0.5, 0.6) is 0 Å². The van der Waals surface area contributed by atoms with E-state index < -0.39 is 28.7 Å². The third kappa shape index (κ3) is 5.20. The Hall–Kier alpha value is -3.36. The highest BCUT2D eigenvalue weighted by atomic mass is 32.2. The molecule has 3 saturated heterocycles.